The van der Waals surface area contributed by atoms with Gasteiger partial charge < -0.3 is 24.6 Å². The number of hydrogen-bond donors (Lipinski definition) is 1. The number of piperidine rings is 1. The Morgan fingerprint density at radius 2 is 1.81 bits per heavy atom. The van der Waals surface area contributed by atoms with Crippen LogP contribution >= 0.6 is 11.3 Å². The molecule has 0 spiro atoms. The molecule has 1 aromatic carbocycles. The number of piperazine rings is 1. The Morgan fingerprint density at radius 1 is 1.03 bits per heavy atom. The maximum Gasteiger partial charge on any atom is 0.286 e. The number of amides is 3. The van der Waals surface area contributed by atoms with Crippen molar-refractivity contribution >= 4 is 34.7 Å². The highest BCUT2D eigenvalue weighted by Gasteiger charge is 2.34. The SMILES string of the molecule is CCCN1CCN(C(=O)[C@@H]2CCCN(C(=O)c3nnc(C(=O)Nc4ccc5c(c4)OCO5)s3)C2)CC1. The minimum atomic E-state index is -0.459. The van der Waals surface area contributed by atoms with E-state index < -0.39 is 5.91 Å². The molecular formula is C24H30N6O5S. The van der Waals surface area contributed by atoms with Crippen molar-refractivity contribution in [1.29, 1.82) is 0 Å². The number of ether oxygens (including phenoxy) is 2. The Bertz CT molecular complexity index is 1130. The largest absolute Gasteiger partial charge is 0.454 e. The summed E-state index contributed by atoms with van der Waals surface area (Å²) < 4.78 is 10.6. The van der Waals surface area contributed by atoms with Crippen molar-refractivity contribution in [1.82, 2.24) is 24.9 Å². The van der Waals surface area contributed by atoms with E-state index in [0.29, 0.717) is 30.3 Å². The Labute approximate surface area is 213 Å². The summed E-state index contributed by atoms with van der Waals surface area (Å²) in [6.07, 6.45) is 2.65. The Kier molecular flexibility index (Phi) is 7.33. The maximum absolute atomic E-state index is 13.1. The predicted molar refractivity (Wildman–Crippen MR) is 132 cm³/mol. The Morgan fingerprint density at radius 3 is 2.61 bits per heavy atom. The molecule has 5 rings (SSSR count). The van der Waals surface area contributed by atoms with Crippen LogP contribution in [-0.2, 0) is 4.79 Å². The van der Waals surface area contributed by atoms with Gasteiger partial charge in [0.25, 0.3) is 11.8 Å². The highest BCUT2D eigenvalue weighted by Crippen LogP contribution is 2.34. The molecule has 11 nitrogen and oxygen atoms in total. The summed E-state index contributed by atoms with van der Waals surface area (Å²) in [5.41, 5.74) is 0.528. The second-order valence-electron chi connectivity index (χ2n) is 9.19. The summed E-state index contributed by atoms with van der Waals surface area (Å²) in [6, 6.07) is 5.08. The lowest BCUT2D eigenvalue weighted by Gasteiger charge is -2.38. The number of nitrogens with zero attached hydrogens (tertiary/aromatic N) is 5. The fourth-order valence-electron chi connectivity index (χ4n) is 4.82. The summed E-state index contributed by atoms with van der Waals surface area (Å²) in [6.45, 7) is 7.57. The van der Waals surface area contributed by atoms with Gasteiger partial charge >= 0.3 is 0 Å². The Hall–Kier alpha value is -3.25. The van der Waals surface area contributed by atoms with E-state index in [4.69, 9.17) is 9.47 Å². The van der Waals surface area contributed by atoms with Gasteiger partial charge in [0.2, 0.25) is 22.7 Å². The van der Waals surface area contributed by atoms with Crippen LogP contribution in [0.5, 0.6) is 11.5 Å². The van der Waals surface area contributed by atoms with Crippen LogP contribution in [0.25, 0.3) is 0 Å². The molecule has 12 heteroatoms. The lowest BCUT2D eigenvalue weighted by molar-refractivity contribution is -0.138. The summed E-state index contributed by atoms with van der Waals surface area (Å²) >= 11 is 0.948. The molecular weight excluding hydrogens is 484 g/mol. The van der Waals surface area contributed by atoms with Crippen LogP contribution in [0.3, 0.4) is 0 Å². The van der Waals surface area contributed by atoms with Gasteiger partial charge in [-0.15, -0.1) is 10.2 Å². The quantitative estimate of drug-likeness (QED) is 0.622. The highest BCUT2D eigenvalue weighted by atomic mass is 32.1. The first kappa shape index (κ1) is 24.4. The number of hydrogen-bond acceptors (Lipinski definition) is 9. The molecule has 0 radical (unpaired) electrons. The summed E-state index contributed by atoms with van der Waals surface area (Å²) in [5.74, 6) is 0.345. The van der Waals surface area contributed by atoms with Crippen LogP contribution < -0.4 is 14.8 Å². The molecule has 1 N–H and O–H groups in total. The van der Waals surface area contributed by atoms with Gasteiger partial charge in [-0.2, -0.15) is 0 Å². The number of aromatic nitrogens is 2. The normalized spacial score (nSPS) is 19.9. The van der Waals surface area contributed by atoms with E-state index in [0.717, 1.165) is 63.3 Å². The predicted octanol–water partition coefficient (Wildman–Crippen LogP) is 1.93. The molecule has 3 aliphatic rings. The Balaban J connectivity index is 1.17. The maximum atomic E-state index is 13.1. The van der Waals surface area contributed by atoms with Crippen molar-refractivity contribution in [3.63, 3.8) is 0 Å². The van der Waals surface area contributed by atoms with Crippen LogP contribution in [0.1, 0.15) is 45.8 Å². The van der Waals surface area contributed by atoms with E-state index in [9.17, 15) is 14.4 Å². The first-order valence-corrected chi connectivity index (χ1v) is 13.2. The van der Waals surface area contributed by atoms with Crippen molar-refractivity contribution in [2.75, 3.05) is 57.9 Å². The van der Waals surface area contributed by atoms with Gasteiger partial charge in [0.1, 0.15) is 0 Å². The van der Waals surface area contributed by atoms with Crippen LogP contribution in [-0.4, -0.2) is 95.2 Å². The van der Waals surface area contributed by atoms with Crippen LogP contribution in [0, 0.1) is 5.92 Å². The number of benzene rings is 1. The lowest BCUT2D eigenvalue weighted by Crippen LogP contribution is -2.53. The van der Waals surface area contributed by atoms with Crippen LogP contribution in [0.15, 0.2) is 18.2 Å². The van der Waals surface area contributed by atoms with Crippen molar-refractivity contribution in [2.24, 2.45) is 5.92 Å². The van der Waals surface area contributed by atoms with Gasteiger partial charge in [-0.1, -0.05) is 18.3 Å². The average Bonchev–Trinajstić information content (AvgIpc) is 3.58. The van der Waals surface area contributed by atoms with E-state index in [1.165, 1.54) is 0 Å². The standard InChI is InChI=1S/C24H30N6O5S/c1-2-7-28-9-11-29(12-10-28)23(32)16-4-3-8-30(14-16)24(33)22-27-26-21(36-22)20(31)25-17-5-6-18-19(13-17)35-15-34-18/h5-6,13,16H,2-4,7-12,14-15H2,1H3,(H,25,31)/t16-/m1/s1. The summed E-state index contributed by atoms with van der Waals surface area (Å²) in [4.78, 5) is 44.9. The highest BCUT2D eigenvalue weighted by molar-refractivity contribution is 7.15. The third kappa shape index (κ3) is 5.29. The van der Waals surface area contributed by atoms with Gasteiger partial charge in [-0.3, -0.25) is 19.3 Å². The molecule has 0 unspecified atom stereocenters. The number of rotatable bonds is 6. The molecule has 0 aliphatic carbocycles. The van der Waals surface area contributed by atoms with E-state index >= 15 is 0 Å². The van der Waals surface area contributed by atoms with Crippen LogP contribution in [0.2, 0.25) is 0 Å². The molecule has 0 saturated carbocycles. The zero-order valence-electron chi connectivity index (χ0n) is 20.3. The van der Waals surface area contributed by atoms with Crippen LogP contribution in [0.4, 0.5) is 5.69 Å². The van der Waals surface area contributed by atoms with Gasteiger partial charge in [0.05, 0.1) is 5.92 Å². The number of carbonyl (C=O) groups is 3. The molecule has 2 aromatic rings. The topological polar surface area (TPSA) is 117 Å². The molecule has 0 bridgehead atoms. The molecule has 3 aliphatic heterocycles. The molecule has 2 saturated heterocycles. The fourth-order valence-corrected chi connectivity index (χ4v) is 5.53. The third-order valence-electron chi connectivity index (χ3n) is 6.71. The monoisotopic (exact) mass is 514 g/mol. The molecule has 3 amide bonds. The number of likely N-dealkylation sites (tertiary alicyclic amines) is 1. The first-order valence-electron chi connectivity index (χ1n) is 12.4. The van der Waals surface area contributed by atoms with Crippen molar-refractivity contribution in [3.05, 3.63) is 28.2 Å². The van der Waals surface area contributed by atoms with E-state index in [1.54, 1.807) is 23.1 Å². The van der Waals surface area contributed by atoms with Gasteiger partial charge in [0.15, 0.2) is 11.5 Å². The number of anilines is 1. The molecule has 1 atom stereocenters. The molecule has 2 fully saturated rings. The van der Waals surface area contributed by atoms with Crippen molar-refractivity contribution in [2.45, 2.75) is 26.2 Å². The van der Waals surface area contributed by atoms with E-state index in [-0.39, 0.29) is 34.5 Å². The molecule has 36 heavy (non-hydrogen) atoms. The zero-order valence-corrected chi connectivity index (χ0v) is 21.1. The van der Waals surface area contributed by atoms with Gasteiger partial charge in [0, 0.05) is 51.0 Å². The smallest absolute Gasteiger partial charge is 0.286 e. The molecule has 192 valence electrons. The van der Waals surface area contributed by atoms with Crippen molar-refractivity contribution in [3.8, 4) is 11.5 Å². The van der Waals surface area contributed by atoms with E-state index in [1.807, 2.05) is 4.90 Å². The second-order valence-corrected chi connectivity index (χ2v) is 10.2. The number of carbonyl (C=O) groups excluding carboxylic acids is 3. The second kappa shape index (κ2) is 10.8. The summed E-state index contributed by atoms with van der Waals surface area (Å²) in [7, 11) is 0. The summed E-state index contributed by atoms with van der Waals surface area (Å²) in [5, 5.41) is 10.9. The zero-order chi connectivity index (χ0) is 25.1. The van der Waals surface area contributed by atoms with Gasteiger partial charge in [-0.25, -0.2) is 0 Å². The molecule has 4 heterocycles. The number of nitrogens with one attached hydrogen (secondary N) is 1. The average molecular weight is 515 g/mol. The minimum Gasteiger partial charge on any atom is -0.454 e. The van der Waals surface area contributed by atoms with Crippen molar-refractivity contribution < 1.29 is 23.9 Å². The lowest BCUT2D eigenvalue weighted by atomic mass is 9.96. The van der Waals surface area contributed by atoms with Gasteiger partial charge in [-0.05, 0) is 37.9 Å². The third-order valence-corrected chi connectivity index (χ3v) is 7.62. The van der Waals surface area contributed by atoms with E-state index in [2.05, 4.69) is 27.3 Å². The minimum absolute atomic E-state index is 0.0885. The molecule has 1 aromatic heterocycles. The first-order chi connectivity index (χ1) is 17.5. The fraction of sp³-hybridized carbons (Fsp3) is 0.542. The number of fused-ring (bicyclic) bond motifs is 1.